The molecule has 4 aromatic rings. The van der Waals surface area contributed by atoms with Gasteiger partial charge in [-0.15, -0.1) is 11.3 Å². The first-order valence-corrected chi connectivity index (χ1v) is 12.8. The minimum Gasteiger partial charge on any atom is -0.326 e. The lowest BCUT2D eigenvalue weighted by atomic mass is 10.1. The van der Waals surface area contributed by atoms with Crippen molar-refractivity contribution in [1.29, 1.82) is 0 Å². The molecule has 0 saturated heterocycles. The van der Waals surface area contributed by atoms with Crippen molar-refractivity contribution in [3.63, 3.8) is 0 Å². The van der Waals surface area contributed by atoms with Crippen LogP contribution in [-0.4, -0.2) is 28.5 Å². The zero-order chi connectivity index (χ0) is 23.8. The van der Waals surface area contributed by atoms with Gasteiger partial charge in [-0.05, 0) is 39.8 Å². The van der Waals surface area contributed by atoms with Gasteiger partial charge in [0, 0.05) is 48.0 Å². The minimum atomic E-state index is -3.81. The summed E-state index contributed by atoms with van der Waals surface area (Å²) in [7, 11) is -1.94. The molecule has 0 saturated carbocycles. The Morgan fingerprint density at radius 1 is 1.03 bits per heavy atom. The van der Waals surface area contributed by atoms with E-state index in [1.165, 1.54) is 16.9 Å². The maximum Gasteiger partial charge on any atom is 0.241 e. The monoisotopic (exact) mass is 481 g/mol. The third kappa shape index (κ3) is 5.32. The largest absolute Gasteiger partial charge is 0.326 e. The molecule has 2 heterocycles. The van der Waals surface area contributed by atoms with Crippen molar-refractivity contribution < 1.29 is 8.42 Å². The lowest BCUT2D eigenvalue weighted by molar-refractivity contribution is 0.491. The number of aromatic nitrogens is 3. The van der Waals surface area contributed by atoms with Crippen molar-refractivity contribution in [3.05, 3.63) is 66.6 Å². The summed E-state index contributed by atoms with van der Waals surface area (Å²) >= 11 is 1.47. The van der Waals surface area contributed by atoms with E-state index in [0.717, 1.165) is 15.4 Å². The number of nitrogens with zero attached hydrogens (tertiary/aromatic N) is 3. The lowest BCUT2D eigenvalue weighted by Crippen LogP contribution is -2.40. The molecule has 0 aliphatic rings. The quantitative estimate of drug-likeness (QED) is 0.388. The van der Waals surface area contributed by atoms with E-state index in [1.54, 1.807) is 18.5 Å². The molecule has 0 spiro atoms. The number of anilines is 2. The number of aryl methyl sites for hydroxylation is 2. The molecule has 0 aliphatic heterocycles. The van der Waals surface area contributed by atoms with Crippen LogP contribution in [0.15, 0.2) is 66.0 Å². The van der Waals surface area contributed by atoms with E-state index < -0.39 is 15.6 Å². The molecule has 4 rings (SSSR count). The van der Waals surface area contributed by atoms with Crippen LogP contribution in [0.3, 0.4) is 0 Å². The number of thiazole rings is 1. The van der Waals surface area contributed by atoms with Gasteiger partial charge in [0.25, 0.3) is 0 Å². The van der Waals surface area contributed by atoms with Gasteiger partial charge >= 0.3 is 0 Å². The molecule has 2 N–H and O–H groups in total. The van der Waals surface area contributed by atoms with Gasteiger partial charge in [-0.3, -0.25) is 0 Å². The first-order valence-electron chi connectivity index (χ1n) is 10.5. The van der Waals surface area contributed by atoms with Crippen molar-refractivity contribution in [2.45, 2.75) is 38.1 Å². The first kappa shape index (κ1) is 23.2. The Morgan fingerprint density at radius 2 is 1.76 bits per heavy atom. The molecular formula is C24H27N5O2S2. The number of benzene rings is 2. The molecule has 0 aliphatic carbocycles. The van der Waals surface area contributed by atoms with Crippen LogP contribution in [0.1, 0.15) is 26.3 Å². The van der Waals surface area contributed by atoms with Gasteiger partial charge in [-0.25, -0.2) is 23.1 Å². The highest BCUT2D eigenvalue weighted by Crippen LogP contribution is 2.37. The molecule has 9 heteroatoms. The van der Waals surface area contributed by atoms with E-state index in [0.29, 0.717) is 17.2 Å². The summed E-state index contributed by atoms with van der Waals surface area (Å²) in [4.78, 5) is 9.80. The smallest absolute Gasteiger partial charge is 0.241 e. The zero-order valence-corrected chi connectivity index (χ0v) is 20.9. The van der Waals surface area contributed by atoms with Crippen LogP contribution in [0, 0.1) is 6.92 Å². The second-order valence-electron chi connectivity index (χ2n) is 8.95. The number of hydrogen-bond donors (Lipinski definition) is 2. The van der Waals surface area contributed by atoms with E-state index in [9.17, 15) is 8.42 Å². The summed E-state index contributed by atoms with van der Waals surface area (Å²) in [5.74, 6) is 0.620. The zero-order valence-electron chi connectivity index (χ0n) is 19.2. The highest BCUT2D eigenvalue weighted by molar-refractivity contribution is 7.89. The fourth-order valence-electron chi connectivity index (χ4n) is 3.33. The Kier molecular flexibility index (Phi) is 6.13. The Labute approximate surface area is 198 Å². The van der Waals surface area contributed by atoms with Crippen molar-refractivity contribution in [3.8, 4) is 21.0 Å². The van der Waals surface area contributed by atoms with Crippen molar-refractivity contribution in [2.24, 2.45) is 7.05 Å². The van der Waals surface area contributed by atoms with E-state index >= 15 is 0 Å². The third-order valence-corrected chi connectivity index (χ3v) is 7.74. The van der Waals surface area contributed by atoms with E-state index in [1.807, 2.05) is 81.9 Å². The van der Waals surface area contributed by atoms with Gasteiger partial charge in [0.1, 0.15) is 5.01 Å². The van der Waals surface area contributed by atoms with Crippen LogP contribution in [0.4, 0.5) is 11.6 Å². The average molecular weight is 482 g/mol. The van der Waals surface area contributed by atoms with Crippen molar-refractivity contribution >= 4 is 33.0 Å². The van der Waals surface area contributed by atoms with Crippen molar-refractivity contribution in [2.75, 3.05) is 5.32 Å². The van der Waals surface area contributed by atoms with Crippen LogP contribution >= 0.6 is 11.3 Å². The Balaban J connectivity index is 1.78. The van der Waals surface area contributed by atoms with Crippen LogP contribution < -0.4 is 10.0 Å². The molecule has 0 amide bonds. The Morgan fingerprint density at radius 3 is 2.39 bits per heavy atom. The molecule has 0 fully saturated rings. The Bertz CT molecular complexity index is 1380. The predicted octanol–water partition coefficient (Wildman–Crippen LogP) is 5.34. The summed E-state index contributed by atoms with van der Waals surface area (Å²) < 4.78 is 31.4. The number of imidazole rings is 1. The van der Waals surface area contributed by atoms with Crippen LogP contribution in [0.25, 0.3) is 21.0 Å². The van der Waals surface area contributed by atoms with Crippen LogP contribution in [0.2, 0.25) is 0 Å². The SMILES string of the molecule is Cc1ccc(-c2ncc(-c3ccc(Nc4nccn4C)cc3S(=O)(=O)NC(C)(C)C)s2)cc1. The second-order valence-corrected chi connectivity index (χ2v) is 11.6. The molecule has 0 atom stereocenters. The summed E-state index contributed by atoms with van der Waals surface area (Å²) in [6, 6.07) is 13.4. The van der Waals surface area contributed by atoms with Gasteiger partial charge in [-0.1, -0.05) is 35.9 Å². The van der Waals surface area contributed by atoms with Gasteiger partial charge in [0.2, 0.25) is 16.0 Å². The van der Waals surface area contributed by atoms with Crippen LogP contribution in [-0.2, 0) is 17.1 Å². The molecular weight excluding hydrogens is 454 g/mol. The normalized spacial score (nSPS) is 12.2. The number of rotatable bonds is 6. The third-order valence-electron chi connectivity index (χ3n) is 4.86. The first-order chi connectivity index (χ1) is 15.5. The molecule has 2 aromatic carbocycles. The maximum absolute atomic E-state index is 13.4. The standard InChI is InChI=1S/C24H27N5O2S2/c1-16-6-8-17(9-7-16)22-26-15-20(32-22)19-11-10-18(27-23-25-12-13-29(23)5)14-21(19)33(30,31)28-24(2,3)4/h6-15,28H,1-5H3,(H,25,27). The van der Waals surface area contributed by atoms with Gasteiger partial charge in [0.15, 0.2) is 0 Å². The van der Waals surface area contributed by atoms with E-state index in [-0.39, 0.29) is 4.90 Å². The predicted molar refractivity (Wildman–Crippen MR) is 134 cm³/mol. The topological polar surface area (TPSA) is 88.9 Å². The Hall–Kier alpha value is -3.01. The fourth-order valence-corrected chi connectivity index (χ4v) is 6.02. The van der Waals surface area contributed by atoms with Crippen molar-refractivity contribution in [1.82, 2.24) is 19.3 Å². The summed E-state index contributed by atoms with van der Waals surface area (Å²) in [5.41, 5.74) is 2.79. The number of sulfonamides is 1. The molecule has 0 bridgehead atoms. The molecule has 0 unspecified atom stereocenters. The highest BCUT2D eigenvalue weighted by Gasteiger charge is 2.26. The van der Waals surface area contributed by atoms with Gasteiger partial charge < -0.3 is 9.88 Å². The minimum absolute atomic E-state index is 0.191. The molecule has 33 heavy (non-hydrogen) atoms. The summed E-state index contributed by atoms with van der Waals surface area (Å²) in [6.07, 6.45) is 5.23. The fraction of sp³-hybridized carbons (Fsp3) is 0.250. The van der Waals surface area contributed by atoms with E-state index in [4.69, 9.17) is 0 Å². The van der Waals surface area contributed by atoms with Gasteiger partial charge in [-0.2, -0.15) is 0 Å². The second kappa shape index (κ2) is 8.74. The number of nitrogens with one attached hydrogen (secondary N) is 2. The summed E-state index contributed by atoms with van der Waals surface area (Å²) in [6.45, 7) is 7.50. The lowest BCUT2D eigenvalue weighted by Gasteiger charge is -2.22. The van der Waals surface area contributed by atoms with Gasteiger partial charge in [0.05, 0.1) is 9.77 Å². The maximum atomic E-state index is 13.4. The molecule has 7 nitrogen and oxygen atoms in total. The average Bonchev–Trinajstić information content (AvgIpc) is 3.37. The molecule has 0 radical (unpaired) electrons. The number of hydrogen-bond acceptors (Lipinski definition) is 6. The van der Waals surface area contributed by atoms with Crippen LogP contribution in [0.5, 0.6) is 0 Å². The molecule has 2 aromatic heterocycles. The molecule has 172 valence electrons. The summed E-state index contributed by atoms with van der Waals surface area (Å²) in [5, 5.41) is 4.03. The van der Waals surface area contributed by atoms with E-state index in [2.05, 4.69) is 20.0 Å². The highest BCUT2D eigenvalue weighted by atomic mass is 32.2.